The maximum Gasteiger partial charge on any atom is 0.187 e. The van der Waals surface area contributed by atoms with E-state index in [9.17, 15) is 0 Å². The third-order valence-electron chi connectivity index (χ3n) is 2.77. The van der Waals surface area contributed by atoms with Crippen LogP contribution in [0.25, 0.3) is 0 Å². The number of aliphatic imine (C=N–C) groups is 4. The van der Waals surface area contributed by atoms with Crippen molar-refractivity contribution in [2.45, 2.75) is 32.4 Å². The molecule has 2 N–H and O–H groups in total. The fraction of sp³-hybridized carbons (Fsp3) is 0.636. The molecule has 92 valence electrons. The summed E-state index contributed by atoms with van der Waals surface area (Å²) in [4.78, 5) is 17.1. The Balaban J connectivity index is 2.26. The standard InChI is InChI=1S/C11H17N5S/c1-7(2)4-5-11(12)8-9(14-6-13-8)15-10(16-11)17-3/h6-7H,4-5,12H2,1-3H3. The second-order valence-electron chi connectivity index (χ2n) is 4.61. The summed E-state index contributed by atoms with van der Waals surface area (Å²) < 4.78 is 0. The van der Waals surface area contributed by atoms with E-state index < -0.39 is 5.66 Å². The first-order valence-corrected chi connectivity index (χ1v) is 6.90. The lowest BCUT2D eigenvalue weighted by Gasteiger charge is -2.28. The summed E-state index contributed by atoms with van der Waals surface area (Å²) in [5.41, 5.74) is 6.32. The van der Waals surface area contributed by atoms with Crippen molar-refractivity contribution in [3.05, 3.63) is 0 Å². The molecule has 6 heteroatoms. The van der Waals surface area contributed by atoms with Gasteiger partial charge in [0, 0.05) is 0 Å². The lowest BCUT2D eigenvalue weighted by Crippen LogP contribution is -2.51. The minimum absolute atomic E-state index is 0.591. The van der Waals surface area contributed by atoms with Gasteiger partial charge in [-0.1, -0.05) is 25.6 Å². The van der Waals surface area contributed by atoms with Crippen LogP contribution in [0.5, 0.6) is 0 Å². The van der Waals surface area contributed by atoms with E-state index in [1.54, 1.807) is 0 Å². The largest absolute Gasteiger partial charge is 0.302 e. The van der Waals surface area contributed by atoms with Crippen molar-refractivity contribution in [1.29, 1.82) is 0 Å². The second kappa shape index (κ2) is 4.70. The molecule has 0 aliphatic carbocycles. The number of amidine groups is 2. The Bertz CT molecular complexity index is 435. The van der Waals surface area contributed by atoms with Gasteiger partial charge in [-0.05, 0) is 25.0 Å². The van der Waals surface area contributed by atoms with Crippen molar-refractivity contribution < 1.29 is 0 Å². The van der Waals surface area contributed by atoms with Crippen molar-refractivity contribution in [3.8, 4) is 0 Å². The summed E-state index contributed by atoms with van der Waals surface area (Å²) in [6, 6.07) is 0. The molecule has 17 heavy (non-hydrogen) atoms. The zero-order valence-corrected chi connectivity index (χ0v) is 11.2. The van der Waals surface area contributed by atoms with Crippen LogP contribution in [0.15, 0.2) is 20.0 Å². The van der Waals surface area contributed by atoms with Crippen molar-refractivity contribution >= 4 is 34.8 Å². The average Bonchev–Trinajstić information content (AvgIpc) is 2.75. The number of fused-ring (bicyclic) bond motifs is 1. The molecule has 0 saturated carbocycles. The van der Waals surface area contributed by atoms with Crippen molar-refractivity contribution in [2.24, 2.45) is 31.6 Å². The fourth-order valence-corrected chi connectivity index (χ4v) is 2.19. The van der Waals surface area contributed by atoms with Crippen molar-refractivity contribution in [2.75, 3.05) is 6.26 Å². The van der Waals surface area contributed by atoms with E-state index in [4.69, 9.17) is 5.73 Å². The van der Waals surface area contributed by atoms with E-state index >= 15 is 0 Å². The smallest absolute Gasteiger partial charge is 0.187 e. The molecular formula is C11H17N5S. The molecule has 0 aromatic carbocycles. The van der Waals surface area contributed by atoms with E-state index in [0.717, 1.165) is 12.8 Å². The molecule has 2 aliphatic rings. The third-order valence-corrected chi connectivity index (χ3v) is 3.32. The molecule has 0 spiro atoms. The van der Waals surface area contributed by atoms with Crippen LogP contribution >= 0.6 is 11.8 Å². The SMILES string of the molecule is CSC1=NC(N)(CCC(C)C)C2=NC=NC2=N1. The number of hydrogen-bond acceptors (Lipinski definition) is 6. The number of thioether (sulfide) groups is 1. The van der Waals surface area contributed by atoms with Gasteiger partial charge in [0.2, 0.25) is 0 Å². The summed E-state index contributed by atoms with van der Waals surface area (Å²) in [6.45, 7) is 4.35. The molecule has 0 fully saturated rings. The fourth-order valence-electron chi connectivity index (χ4n) is 1.76. The molecule has 0 aromatic rings. The summed E-state index contributed by atoms with van der Waals surface area (Å²) in [5, 5.41) is 0.684. The summed E-state index contributed by atoms with van der Waals surface area (Å²) in [7, 11) is 0. The highest BCUT2D eigenvalue weighted by atomic mass is 32.2. The van der Waals surface area contributed by atoms with Crippen LogP contribution in [-0.4, -0.2) is 35.0 Å². The quantitative estimate of drug-likeness (QED) is 0.828. The van der Waals surface area contributed by atoms with Gasteiger partial charge in [-0.25, -0.2) is 20.0 Å². The van der Waals surface area contributed by atoms with E-state index in [0.29, 0.717) is 22.6 Å². The second-order valence-corrected chi connectivity index (χ2v) is 5.39. The van der Waals surface area contributed by atoms with Crippen LogP contribution in [-0.2, 0) is 0 Å². The van der Waals surface area contributed by atoms with E-state index in [1.807, 2.05) is 6.26 Å². The molecule has 5 nitrogen and oxygen atoms in total. The molecule has 1 unspecified atom stereocenters. The number of nitrogens with two attached hydrogens (primary N) is 1. The highest BCUT2D eigenvalue weighted by Gasteiger charge is 2.39. The van der Waals surface area contributed by atoms with Crippen LogP contribution in [0.1, 0.15) is 26.7 Å². The average molecular weight is 251 g/mol. The number of rotatable bonds is 3. The first-order chi connectivity index (χ1) is 8.05. The Morgan fingerprint density at radius 1 is 1.47 bits per heavy atom. The van der Waals surface area contributed by atoms with E-state index in [1.165, 1.54) is 18.1 Å². The summed E-state index contributed by atoms with van der Waals surface area (Å²) in [6.07, 6.45) is 5.22. The minimum atomic E-state index is -0.754. The highest BCUT2D eigenvalue weighted by Crippen LogP contribution is 2.25. The van der Waals surface area contributed by atoms with Gasteiger partial charge in [0.15, 0.2) is 16.7 Å². The molecule has 2 heterocycles. The summed E-state index contributed by atoms with van der Waals surface area (Å²) in [5.74, 6) is 1.21. The molecular weight excluding hydrogens is 234 g/mol. The third kappa shape index (κ3) is 2.47. The molecule has 0 amide bonds. The zero-order chi connectivity index (χ0) is 12.5. The van der Waals surface area contributed by atoms with Crippen LogP contribution in [0.2, 0.25) is 0 Å². The Labute approximate surface area is 105 Å². The summed E-state index contributed by atoms with van der Waals surface area (Å²) >= 11 is 1.48. The topological polar surface area (TPSA) is 75.5 Å². The molecule has 0 bridgehead atoms. The molecule has 2 rings (SSSR count). The first-order valence-electron chi connectivity index (χ1n) is 5.68. The first kappa shape index (κ1) is 12.4. The Morgan fingerprint density at radius 3 is 2.88 bits per heavy atom. The zero-order valence-electron chi connectivity index (χ0n) is 10.3. The maximum atomic E-state index is 6.37. The lowest BCUT2D eigenvalue weighted by atomic mass is 9.94. The van der Waals surface area contributed by atoms with Gasteiger partial charge in [0.1, 0.15) is 12.1 Å². The Morgan fingerprint density at radius 2 is 2.24 bits per heavy atom. The van der Waals surface area contributed by atoms with Crippen LogP contribution in [0.3, 0.4) is 0 Å². The van der Waals surface area contributed by atoms with Crippen LogP contribution in [0, 0.1) is 5.92 Å². The van der Waals surface area contributed by atoms with Gasteiger partial charge in [-0.3, -0.25) is 0 Å². The lowest BCUT2D eigenvalue weighted by molar-refractivity contribution is 0.459. The molecule has 1 atom stereocenters. The van der Waals surface area contributed by atoms with Gasteiger partial charge >= 0.3 is 0 Å². The maximum absolute atomic E-state index is 6.37. The van der Waals surface area contributed by atoms with Gasteiger partial charge in [-0.2, -0.15) is 0 Å². The van der Waals surface area contributed by atoms with E-state index in [2.05, 4.69) is 33.8 Å². The Hall–Kier alpha value is -1.01. The minimum Gasteiger partial charge on any atom is -0.302 e. The Kier molecular flexibility index (Phi) is 3.44. The normalized spacial score (nSPS) is 26.8. The van der Waals surface area contributed by atoms with Crippen molar-refractivity contribution in [1.82, 2.24) is 0 Å². The van der Waals surface area contributed by atoms with E-state index in [-0.39, 0.29) is 0 Å². The highest BCUT2D eigenvalue weighted by molar-refractivity contribution is 8.13. The molecule has 0 radical (unpaired) electrons. The van der Waals surface area contributed by atoms with Gasteiger partial charge in [0.25, 0.3) is 0 Å². The predicted molar refractivity (Wildman–Crippen MR) is 75.3 cm³/mol. The predicted octanol–water partition coefficient (Wildman–Crippen LogP) is 1.69. The van der Waals surface area contributed by atoms with Gasteiger partial charge < -0.3 is 5.73 Å². The number of hydrogen-bond donors (Lipinski definition) is 1. The van der Waals surface area contributed by atoms with Gasteiger partial charge in [-0.15, -0.1) is 0 Å². The van der Waals surface area contributed by atoms with Crippen molar-refractivity contribution in [3.63, 3.8) is 0 Å². The molecule has 0 aromatic heterocycles. The monoisotopic (exact) mass is 251 g/mol. The molecule has 2 aliphatic heterocycles. The van der Waals surface area contributed by atoms with Crippen LogP contribution in [0.4, 0.5) is 0 Å². The van der Waals surface area contributed by atoms with Crippen LogP contribution < -0.4 is 5.73 Å². The number of nitrogens with zero attached hydrogens (tertiary/aromatic N) is 4. The van der Waals surface area contributed by atoms with Gasteiger partial charge in [0.05, 0.1) is 0 Å². The molecule has 0 saturated heterocycles.